The van der Waals surface area contributed by atoms with Crippen molar-refractivity contribution in [2.45, 2.75) is 0 Å². The summed E-state index contributed by atoms with van der Waals surface area (Å²) < 4.78 is 9.79. The molecule has 2 aromatic rings. The second kappa shape index (κ2) is 5.73. The Morgan fingerprint density at radius 2 is 1.80 bits per heavy atom. The number of nitro groups is 1. The number of pyridine rings is 1. The summed E-state index contributed by atoms with van der Waals surface area (Å²) >= 11 is 0. The molecule has 2 rings (SSSR count). The molecule has 0 spiro atoms. The molecule has 0 aliphatic carbocycles. The molecule has 0 unspecified atom stereocenters. The van der Waals surface area contributed by atoms with Crippen molar-refractivity contribution in [3.05, 3.63) is 28.4 Å². The van der Waals surface area contributed by atoms with E-state index in [0.717, 1.165) is 6.20 Å². The van der Waals surface area contributed by atoms with E-state index < -0.39 is 4.92 Å². The lowest BCUT2D eigenvalue weighted by Gasteiger charge is -2.06. The van der Waals surface area contributed by atoms with Crippen molar-refractivity contribution in [3.63, 3.8) is 0 Å². The number of nitrogens with zero attached hydrogens (tertiary/aromatic N) is 5. The molecule has 0 amide bonds. The molecule has 0 aromatic carbocycles. The number of hydrogen-bond donors (Lipinski definition) is 1. The summed E-state index contributed by atoms with van der Waals surface area (Å²) in [6.45, 7) is 0. The Balaban J connectivity index is 2.22. The van der Waals surface area contributed by atoms with E-state index in [4.69, 9.17) is 9.47 Å². The van der Waals surface area contributed by atoms with Crippen LogP contribution in [0.5, 0.6) is 12.0 Å². The van der Waals surface area contributed by atoms with Crippen molar-refractivity contribution in [1.29, 1.82) is 0 Å². The summed E-state index contributed by atoms with van der Waals surface area (Å²) in [4.78, 5) is 25.6. The second-order valence-corrected chi connectivity index (χ2v) is 3.42. The van der Waals surface area contributed by atoms with E-state index >= 15 is 0 Å². The predicted octanol–water partition coefficient (Wildman–Crippen LogP) is 0.936. The summed E-state index contributed by atoms with van der Waals surface area (Å²) in [5.41, 5.74) is -0.110. The molecule has 10 heteroatoms. The smallest absolute Gasteiger partial charge is 0.324 e. The highest BCUT2D eigenvalue weighted by atomic mass is 16.6. The third kappa shape index (κ3) is 3.04. The van der Waals surface area contributed by atoms with E-state index in [9.17, 15) is 10.1 Å². The number of ether oxygens (including phenoxy) is 2. The summed E-state index contributed by atoms with van der Waals surface area (Å²) in [5.74, 6) is 0.487. The van der Waals surface area contributed by atoms with Gasteiger partial charge in [0.2, 0.25) is 5.95 Å². The Morgan fingerprint density at radius 1 is 1.15 bits per heavy atom. The maximum absolute atomic E-state index is 10.5. The van der Waals surface area contributed by atoms with Crippen LogP contribution in [0.1, 0.15) is 0 Å². The Bertz CT molecular complexity index is 595. The zero-order chi connectivity index (χ0) is 14.5. The Morgan fingerprint density at radius 3 is 2.25 bits per heavy atom. The van der Waals surface area contributed by atoms with E-state index in [1.807, 2.05) is 0 Å². The molecule has 2 aromatic heterocycles. The molecule has 20 heavy (non-hydrogen) atoms. The van der Waals surface area contributed by atoms with Crippen molar-refractivity contribution in [2.75, 3.05) is 19.5 Å². The lowest BCUT2D eigenvalue weighted by molar-refractivity contribution is -0.385. The van der Waals surface area contributed by atoms with Crippen LogP contribution in [-0.2, 0) is 0 Å². The summed E-state index contributed by atoms with van der Waals surface area (Å²) in [7, 11) is 2.81. The molecule has 0 atom stereocenters. The molecule has 10 nitrogen and oxygen atoms in total. The van der Waals surface area contributed by atoms with Crippen LogP contribution in [0.4, 0.5) is 17.5 Å². The Kier molecular flexibility index (Phi) is 3.84. The zero-order valence-corrected chi connectivity index (χ0v) is 10.6. The van der Waals surface area contributed by atoms with Crippen LogP contribution in [0.25, 0.3) is 0 Å². The highest BCUT2D eigenvalue weighted by Crippen LogP contribution is 2.17. The maximum atomic E-state index is 10.5. The van der Waals surface area contributed by atoms with Gasteiger partial charge in [0.1, 0.15) is 12.0 Å². The summed E-state index contributed by atoms with van der Waals surface area (Å²) in [6, 6.07) is 2.88. The summed E-state index contributed by atoms with van der Waals surface area (Å²) in [6.07, 6.45) is 1.12. The molecule has 0 fully saturated rings. The topological polar surface area (TPSA) is 125 Å². The SMILES string of the molecule is COc1nc(Nc2ccc([N+](=O)[O-])cn2)nc(OC)n1. The van der Waals surface area contributed by atoms with Gasteiger partial charge in [-0.25, -0.2) is 4.98 Å². The number of nitrogens with one attached hydrogen (secondary N) is 1. The standard InChI is InChI=1S/C10H10N6O4/c1-19-9-13-8(14-10(15-9)20-2)12-7-4-3-6(5-11-7)16(17)18/h3-5H,1-2H3,(H,11,12,13,14,15). The van der Waals surface area contributed by atoms with Crippen LogP contribution < -0.4 is 14.8 Å². The summed E-state index contributed by atoms with van der Waals surface area (Å²) in [5, 5.41) is 13.3. The van der Waals surface area contributed by atoms with Crippen molar-refractivity contribution in [2.24, 2.45) is 0 Å². The van der Waals surface area contributed by atoms with E-state index in [1.54, 1.807) is 0 Å². The molecule has 2 heterocycles. The van der Waals surface area contributed by atoms with E-state index in [-0.39, 0.29) is 23.7 Å². The minimum atomic E-state index is -0.536. The minimum Gasteiger partial charge on any atom is -0.467 e. The van der Waals surface area contributed by atoms with Gasteiger partial charge in [0.05, 0.1) is 19.1 Å². The molecule has 0 saturated carbocycles. The minimum absolute atomic E-state index is 0.0706. The largest absolute Gasteiger partial charge is 0.467 e. The Hall–Kier alpha value is -3.04. The van der Waals surface area contributed by atoms with Gasteiger partial charge in [0.15, 0.2) is 0 Å². The van der Waals surface area contributed by atoms with E-state index in [0.29, 0.717) is 5.82 Å². The molecule has 0 saturated heterocycles. The van der Waals surface area contributed by atoms with E-state index in [2.05, 4.69) is 25.3 Å². The van der Waals surface area contributed by atoms with Gasteiger partial charge >= 0.3 is 12.0 Å². The average Bonchev–Trinajstić information content (AvgIpc) is 2.47. The van der Waals surface area contributed by atoms with Gasteiger partial charge in [0.25, 0.3) is 5.69 Å². The fraction of sp³-hybridized carbons (Fsp3) is 0.200. The third-order valence-electron chi connectivity index (χ3n) is 2.16. The molecule has 0 aliphatic heterocycles. The first-order valence-corrected chi connectivity index (χ1v) is 5.34. The molecule has 0 radical (unpaired) electrons. The van der Waals surface area contributed by atoms with Gasteiger partial charge in [-0.3, -0.25) is 10.1 Å². The van der Waals surface area contributed by atoms with Crippen molar-refractivity contribution >= 4 is 17.5 Å². The van der Waals surface area contributed by atoms with Crippen LogP contribution in [0.15, 0.2) is 18.3 Å². The molecular weight excluding hydrogens is 268 g/mol. The van der Waals surface area contributed by atoms with Crippen molar-refractivity contribution in [3.8, 4) is 12.0 Å². The van der Waals surface area contributed by atoms with Gasteiger partial charge in [-0.1, -0.05) is 0 Å². The normalized spacial score (nSPS) is 9.90. The monoisotopic (exact) mass is 278 g/mol. The first-order valence-electron chi connectivity index (χ1n) is 5.34. The van der Waals surface area contributed by atoms with Crippen molar-refractivity contribution < 1.29 is 14.4 Å². The van der Waals surface area contributed by atoms with Gasteiger partial charge in [-0.2, -0.15) is 9.97 Å². The molecule has 0 bridgehead atoms. The van der Waals surface area contributed by atoms with Crippen LogP contribution in [0, 0.1) is 10.1 Å². The molecular formula is C10H10N6O4. The number of rotatable bonds is 5. The first-order chi connectivity index (χ1) is 9.62. The maximum Gasteiger partial charge on any atom is 0.324 e. The van der Waals surface area contributed by atoms with Crippen LogP contribution in [-0.4, -0.2) is 39.1 Å². The predicted molar refractivity (Wildman–Crippen MR) is 67.1 cm³/mol. The van der Waals surface area contributed by atoms with Crippen molar-refractivity contribution in [1.82, 2.24) is 19.9 Å². The second-order valence-electron chi connectivity index (χ2n) is 3.42. The molecule has 0 aliphatic rings. The molecule has 1 N–H and O–H groups in total. The number of aromatic nitrogens is 4. The third-order valence-corrected chi connectivity index (χ3v) is 2.16. The lowest BCUT2D eigenvalue weighted by Crippen LogP contribution is -2.04. The van der Waals surface area contributed by atoms with Crippen LogP contribution in [0.3, 0.4) is 0 Å². The van der Waals surface area contributed by atoms with Gasteiger partial charge in [-0.15, -0.1) is 4.98 Å². The van der Waals surface area contributed by atoms with Gasteiger partial charge in [-0.05, 0) is 6.07 Å². The molecule has 104 valence electrons. The number of anilines is 2. The number of hydrogen-bond acceptors (Lipinski definition) is 9. The Labute approximate surface area is 113 Å². The lowest BCUT2D eigenvalue weighted by atomic mass is 10.4. The van der Waals surface area contributed by atoms with E-state index in [1.165, 1.54) is 26.4 Å². The highest BCUT2D eigenvalue weighted by molar-refractivity contribution is 5.49. The first kappa shape index (κ1) is 13.4. The van der Waals surface area contributed by atoms with Gasteiger partial charge in [0, 0.05) is 6.07 Å². The number of methoxy groups -OCH3 is 2. The average molecular weight is 278 g/mol. The highest BCUT2D eigenvalue weighted by Gasteiger charge is 2.09. The fourth-order valence-corrected chi connectivity index (χ4v) is 1.26. The van der Waals surface area contributed by atoms with Crippen LogP contribution >= 0.6 is 0 Å². The fourth-order valence-electron chi connectivity index (χ4n) is 1.26. The zero-order valence-electron chi connectivity index (χ0n) is 10.6. The van der Waals surface area contributed by atoms with Gasteiger partial charge < -0.3 is 14.8 Å². The van der Waals surface area contributed by atoms with Crippen LogP contribution in [0.2, 0.25) is 0 Å². The quantitative estimate of drug-likeness (QED) is 0.627.